The molecule has 0 radical (unpaired) electrons. The smallest absolute Gasteiger partial charge is 0.253 e. The van der Waals surface area contributed by atoms with Gasteiger partial charge in [0.2, 0.25) is 10.0 Å². The molecule has 2 saturated heterocycles. The number of piperidine rings is 1. The molecule has 0 aliphatic carbocycles. The molecule has 1 atom stereocenters. The van der Waals surface area contributed by atoms with Crippen molar-refractivity contribution in [3.8, 4) is 0 Å². The highest BCUT2D eigenvalue weighted by Crippen LogP contribution is 2.41. The molecule has 0 spiro atoms. The number of sulfonamides is 1. The number of nitrogens with zero attached hydrogens (tertiary/aromatic N) is 3. The number of rotatable bonds is 9. The summed E-state index contributed by atoms with van der Waals surface area (Å²) >= 11 is 12.7. The first-order valence-electron chi connectivity index (χ1n) is 13.7. The summed E-state index contributed by atoms with van der Waals surface area (Å²) in [5.41, 5.74) is 2.29. The predicted molar refractivity (Wildman–Crippen MR) is 163 cm³/mol. The first-order chi connectivity index (χ1) is 19.2. The largest absolute Gasteiger partial charge is 0.338 e. The quantitative estimate of drug-likeness (QED) is 0.298. The number of carbonyl (C=O) groups is 1. The Balaban J connectivity index is 1.28. The van der Waals surface area contributed by atoms with Crippen molar-refractivity contribution in [2.75, 3.05) is 43.3 Å². The Morgan fingerprint density at radius 3 is 2.30 bits per heavy atom. The molecule has 6 nitrogen and oxygen atoms in total. The summed E-state index contributed by atoms with van der Waals surface area (Å²) in [6, 6.07) is 24.5. The molecule has 2 fully saturated rings. The van der Waals surface area contributed by atoms with E-state index in [9.17, 15) is 13.2 Å². The van der Waals surface area contributed by atoms with E-state index in [1.54, 1.807) is 4.31 Å². The summed E-state index contributed by atoms with van der Waals surface area (Å²) in [5.74, 6) is 0.0529. The first kappa shape index (κ1) is 28.9. The summed E-state index contributed by atoms with van der Waals surface area (Å²) in [4.78, 5) is 17.7. The Kier molecular flexibility index (Phi) is 8.76. The molecule has 2 heterocycles. The molecule has 0 saturated carbocycles. The zero-order valence-corrected chi connectivity index (χ0v) is 25.0. The van der Waals surface area contributed by atoms with Gasteiger partial charge in [-0.05, 0) is 74.2 Å². The van der Waals surface area contributed by atoms with Gasteiger partial charge >= 0.3 is 0 Å². The van der Waals surface area contributed by atoms with Gasteiger partial charge in [-0.25, -0.2) is 8.42 Å². The topological polar surface area (TPSA) is 60.9 Å². The first-order valence-corrected chi connectivity index (χ1v) is 16.3. The number of anilines is 1. The van der Waals surface area contributed by atoms with E-state index in [4.69, 9.17) is 23.2 Å². The molecule has 3 aromatic carbocycles. The van der Waals surface area contributed by atoms with Gasteiger partial charge in [-0.2, -0.15) is 0 Å². The minimum Gasteiger partial charge on any atom is -0.338 e. The van der Waals surface area contributed by atoms with Gasteiger partial charge in [0, 0.05) is 37.2 Å². The molecule has 9 heteroatoms. The highest BCUT2D eigenvalue weighted by atomic mass is 35.5. The lowest BCUT2D eigenvalue weighted by Crippen LogP contribution is -2.61. The zero-order chi connectivity index (χ0) is 28.3. The summed E-state index contributed by atoms with van der Waals surface area (Å²) in [6.07, 6.45) is 4.95. The van der Waals surface area contributed by atoms with E-state index in [2.05, 4.69) is 4.90 Å². The molecule has 2 aliphatic rings. The van der Waals surface area contributed by atoms with Gasteiger partial charge in [-0.1, -0.05) is 65.7 Å². The minimum atomic E-state index is -3.38. The Bertz CT molecular complexity index is 1430. The van der Waals surface area contributed by atoms with Crippen LogP contribution < -0.4 is 4.31 Å². The summed E-state index contributed by atoms with van der Waals surface area (Å²) < 4.78 is 26.7. The van der Waals surface area contributed by atoms with Crippen LogP contribution in [0.4, 0.5) is 5.69 Å². The molecular formula is C31H35Cl2N3O3S. The lowest BCUT2D eigenvalue weighted by molar-refractivity contribution is 0.0614. The van der Waals surface area contributed by atoms with Crippen molar-refractivity contribution in [2.24, 2.45) is 0 Å². The normalized spacial score (nSPS) is 20.2. The Labute approximate surface area is 247 Å². The van der Waals surface area contributed by atoms with E-state index in [1.807, 2.05) is 83.8 Å². The van der Waals surface area contributed by atoms with Crippen LogP contribution in [-0.2, 0) is 15.4 Å². The Morgan fingerprint density at radius 2 is 1.65 bits per heavy atom. The van der Waals surface area contributed by atoms with Crippen LogP contribution in [0.25, 0.3) is 0 Å². The molecule has 2 aliphatic heterocycles. The third-order valence-corrected chi connectivity index (χ3v) is 10.1. The molecule has 212 valence electrons. The van der Waals surface area contributed by atoms with E-state index >= 15 is 0 Å². The maximum atomic E-state index is 13.4. The van der Waals surface area contributed by atoms with E-state index < -0.39 is 10.0 Å². The standard InChI is InChI=1S/C31H35Cl2N3O3S/c1-40(38,39)36(26-12-6-3-7-13-26)27-21-34(22-27)18-8-16-31(25-14-15-28(32)29(33)20-25)17-9-19-35(23-31)30(37)24-10-4-2-5-11-24/h2-7,10-15,20,27H,8-9,16-19,21-23H2,1H3. The molecule has 5 rings (SSSR count). The van der Waals surface area contributed by atoms with Crippen LogP contribution in [0, 0.1) is 0 Å². The average molecular weight is 601 g/mol. The molecule has 3 aromatic rings. The van der Waals surface area contributed by atoms with Crippen LogP contribution in [0.3, 0.4) is 0 Å². The molecule has 40 heavy (non-hydrogen) atoms. The molecule has 0 aromatic heterocycles. The van der Waals surface area contributed by atoms with Crippen molar-refractivity contribution in [1.82, 2.24) is 9.80 Å². The second-order valence-electron chi connectivity index (χ2n) is 11.0. The molecule has 1 unspecified atom stereocenters. The van der Waals surface area contributed by atoms with Crippen LogP contribution in [0.15, 0.2) is 78.9 Å². The fourth-order valence-corrected chi connectivity index (χ4v) is 7.72. The van der Waals surface area contributed by atoms with Crippen molar-refractivity contribution in [2.45, 2.75) is 37.1 Å². The lowest BCUT2D eigenvalue weighted by Gasteiger charge is -2.46. The zero-order valence-electron chi connectivity index (χ0n) is 22.7. The van der Waals surface area contributed by atoms with Gasteiger partial charge in [0.25, 0.3) is 5.91 Å². The van der Waals surface area contributed by atoms with Crippen molar-refractivity contribution >= 4 is 44.8 Å². The van der Waals surface area contributed by atoms with Crippen molar-refractivity contribution in [1.29, 1.82) is 0 Å². The molecule has 0 bridgehead atoms. The Morgan fingerprint density at radius 1 is 0.975 bits per heavy atom. The van der Waals surface area contributed by atoms with Crippen LogP contribution >= 0.6 is 23.2 Å². The maximum Gasteiger partial charge on any atom is 0.253 e. The van der Waals surface area contributed by atoms with Crippen LogP contribution in [0.1, 0.15) is 41.6 Å². The number of hydrogen-bond acceptors (Lipinski definition) is 4. The lowest BCUT2D eigenvalue weighted by atomic mass is 9.71. The predicted octanol–water partition coefficient (Wildman–Crippen LogP) is 6.10. The SMILES string of the molecule is CS(=O)(=O)N(c1ccccc1)C1CN(CCCC2(c3ccc(Cl)c(Cl)c3)CCCN(C(=O)c3ccccc3)C2)C1. The fraction of sp³-hybridized carbons (Fsp3) is 0.387. The number of halogens is 2. The number of carbonyl (C=O) groups excluding carboxylic acids is 1. The number of benzene rings is 3. The summed E-state index contributed by atoms with van der Waals surface area (Å²) in [6.45, 7) is 3.60. The van der Waals surface area contributed by atoms with E-state index in [0.29, 0.717) is 40.9 Å². The number of amides is 1. The van der Waals surface area contributed by atoms with E-state index in [-0.39, 0.29) is 17.4 Å². The van der Waals surface area contributed by atoms with E-state index in [0.717, 1.165) is 44.3 Å². The van der Waals surface area contributed by atoms with Crippen LogP contribution in [-0.4, -0.2) is 69.1 Å². The highest BCUT2D eigenvalue weighted by molar-refractivity contribution is 7.92. The third kappa shape index (κ3) is 6.33. The van der Waals surface area contributed by atoms with Gasteiger partial charge < -0.3 is 4.90 Å². The third-order valence-electron chi connectivity index (χ3n) is 8.18. The average Bonchev–Trinajstić information content (AvgIpc) is 2.93. The van der Waals surface area contributed by atoms with Crippen LogP contribution in [0.2, 0.25) is 10.0 Å². The number of para-hydroxylation sites is 1. The van der Waals surface area contributed by atoms with Gasteiger partial charge in [-0.3, -0.25) is 14.0 Å². The second-order valence-corrected chi connectivity index (χ2v) is 13.7. The number of likely N-dealkylation sites (tertiary alicyclic amines) is 2. The van der Waals surface area contributed by atoms with Crippen molar-refractivity contribution < 1.29 is 13.2 Å². The van der Waals surface area contributed by atoms with Gasteiger partial charge in [0.05, 0.1) is 28.0 Å². The summed E-state index contributed by atoms with van der Waals surface area (Å²) in [7, 11) is -3.38. The summed E-state index contributed by atoms with van der Waals surface area (Å²) in [5, 5.41) is 1.05. The monoisotopic (exact) mass is 599 g/mol. The van der Waals surface area contributed by atoms with Gasteiger partial charge in [0.15, 0.2) is 0 Å². The van der Waals surface area contributed by atoms with Gasteiger partial charge in [0.1, 0.15) is 0 Å². The fourth-order valence-electron chi connectivity index (χ4n) is 6.24. The molecule has 0 N–H and O–H groups in total. The van der Waals surface area contributed by atoms with Crippen molar-refractivity contribution in [3.63, 3.8) is 0 Å². The van der Waals surface area contributed by atoms with Crippen LogP contribution in [0.5, 0.6) is 0 Å². The number of hydrogen-bond donors (Lipinski definition) is 0. The molecule has 1 amide bonds. The highest BCUT2D eigenvalue weighted by Gasteiger charge is 2.40. The maximum absolute atomic E-state index is 13.4. The molecular weight excluding hydrogens is 565 g/mol. The Hall–Kier alpha value is -2.58. The van der Waals surface area contributed by atoms with Gasteiger partial charge in [-0.15, -0.1) is 0 Å². The van der Waals surface area contributed by atoms with E-state index in [1.165, 1.54) is 6.26 Å². The second kappa shape index (κ2) is 12.1. The minimum absolute atomic E-state index is 0.0529. The van der Waals surface area contributed by atoms with Crippen molar-refractivity contribution in [3.05, 3.63) is 100 Å².